The van der Waals surface area contributed by atoms with Crippen molar-refractivity contribution in [1.29, 1.82) is 0 Å². The van der Waals surface area contributed by atoms with Gasteiger partial charge in [-0.3, -0.25) is 14.9 Å². The lowest BCUT2D eigenvalue weighted by atomic mass is 10.3. The Morgan fingerprint density at radius 3 is 2.35 bits per heavy atom. The molecule has 0 spiro atoms. The number of rotatable bonds is 3. The Morgan fingerprint density at radius 1 is 1.25 bits per heavy atom. The van der Waals surface area contributed by atoms with Gasteiger partial charge in [-0.25, -0.2) is 0 Å². The first-order valence-electron chi connectivity index (χ1n) is 5.45. The molecule has 0 aliphatic heterocycles. The fourth-order valence-corrected chi connectivity index (χ4v) is 2.22. The summed E-state index contributed by atoms with van der Waals surface area (Å²) in [6, 6.07) is 5.79. The van der Waals surface area contributed by atoms with Crippen molar-refractivity contribution >= 4 is 40.5 Å². The normalized spacial score (nSPS) is 10.3. The van der Waals surface area contributed by atoms with Crippen molar-refractivity contribution in [3.63, 3.8) is 0 Å². The van der Waals surface area contributed by atoms with Crippen LogP contribution in [0.2, 0.25) is 10.0 Å². The Morgan fingerprint density at radius 2 is 1.85 bits per heavy atom. The Balaban J connectivity index is 2.26. The largest absolute Gasteiger partial charge is 0.340 e. The van der Waals surface area contributed by atoms with Crippen LogP contribution in [0.4, 0.5) is 11.4 Å². The first-order valence-corrected chi connectivity index (χ1v) is 6.20. The number of halogens is 2. The predicted molar refractivity (Wildman–Crippen MR) is 76.5 cm³/mol. The van der Waals surface area contributed by atoms with Crippen molar-refractivity contribution in [2.75, 3.05) is 5.32 Å². The maximum atomic E-state index is 12.1. The van der Waals surface area contributed by atoms with Gasteiger partial charge >= 0.3 is 0 Å². The van der Waals surface area contributed by atoms with Crippen LogP contribution in [0, 0.1) is 10.1 Å². The molecule has 0 aliphatic rings. The van der Waals surface area contributed by atoms with E-state index in [1.165, 1.54) is 35.0 Å². The summed E-state index contributed by atoms with van der Waals surface area (Å²) in [6.45, 7) is 0. The highest BCUT2D eigenvalue weighted by atomic mass is 35.5. The summed E-state index contributed by atoms with van der Waals surface area (Å²) in [5, 5.41) is 14.0. The molecule has 8 heteroatoms. The second-order valence-electron chi connectivity index (χ2n) is 4.06. The molecule has 1 aromatic carbocycles. The molecule has 0 bridgehead atoms. The first-order chi connectivity index (χ1) is 9.36. The summed E-state index contributed by atoms with van der Waals surface area (Å²) < 4.78 is 1.37. The lowest BCUT2D eigenvalue weighted by Crippen LogP contribution is -2.15. The molecule has 0 atom stereocenters. The van der Waals surface area contributed by atoms with Crippen LogP contribution in [0.25, 0.3) is 0 Å². The Labute approximate surface area is 124 Å². The standard InChI is InChI=1S/C12H9Cl2N3O3/c1-16-6-10(17(19)20)5-11(16)12(18)15-9-3-7(13)2-8(14)4-9/h2-6H,1H3,(H,15,18). The zero-order valence-corrected chi connectivity index (χ0v) is 11.8. The number of amides is 1. The Kier molecular flexibility index (Phi) is 3.96. The van der Waals surface area contributed by atoms with Crippen LogP contribution in [0.5, 0.6) is 0 Å². The average molecular weight is 314 g/mol. The maximum absolute atomic E-state index is 12.1. The van der Waals surface area contributed by atoms with Gasteiger partial charge in [0.25, 0.3) is 11.6 Å². The monoisotopic (exact) mass is 313 g/mol. The van der Waals surface area contributed by atoms with Gasteiger partial charge in [0.2, 0.25) is 0 Å². The van der Waals surface area contributed by atoms with Gasteiger partial charge in [-0.05, 0) is 18.2 Å². The predicted octanol–water partition coefficient (Wildman–Crippen LogP) is 3.49. The van der Waals surface area contributed by atoms with Crippen molar-refractivity contribution in [2.24, 2.45) is 7.05 Å². The minimum Gasteiger partial charge on any atom is -0.340 e. The molecule has 1 aromatic heterocycles. The molecule has 0 unspecified atom stereocenters. The van der Waals surface area contributed by atoms with Gasteiger partial charge in [0.1, 0.15) is 5.69 Å². The topological polar surface area (TPSA) is 77.2 Å². The summed E-state index contributed by atoms with van der Waals surface area (Å²) in [4.78, 5) is 22.2. The molecule has 1 N–H and O–H groups in total. The number of aryl methyl sites for hydroxylation is 1. The second-order valence-corrected chi connectivity index (χ2v) is 4.94. The van der Waals surface area contributed by atoms with Gasteiger partial charge in [0.15, 0.2) is 0 Å². The molecule has 0 saturated carbocycles. The van der Waals surface area contributed by atoms with Gasteiger partial charge in [0, 0.05) is 28.8 Å². The van der Waals surface area contributed by atoms with E-state index in [-0.39, 0.29) is 11.4 Å². The maximum Gasteiger partial charge on any atom is 0.287 e. The SMILES string of the molecule is Cn1cc([N+](=O)[O-])cc1C(=O)Nc1cc(Cl)cc(Cl)c1. The van der Waals surface area contributed by atoms with E-state index < -0.39 is 10.8 Å². The molecule has 1 heterocycles. The van der Waals surface area contributed by atoms with E-state index >= 15 is 0 Å². The van der Waals surface area contributed by atoms with Crippen molar-refractivity contribution in [1.82, 2.24) is 4.57 Å². The molecule has 2 rings (SSSR count). The van der Waals surface area contributed by atoms with Crippen LogP contribution in [0.1, 0.15) is 10.5 Å². The minimum atomic E-state index is -0.562. The van der Waals surface area contributed by atoms with Gasteiger partial charge in [-0.2, -0.15) is 0 Å². The molecule has 0 saturated heterocycles. The summed E-state index contributed by atoms with van der Waals surface area (Å²) in [7, 11) is 1.55. The van der Waals surface area contributed by atoms with Gasteiger partial charge in [0.05, 0.1) is 11.1 Å². The molecule has 6 nitrogen and oxygen atoms in total. The van der Waals surface area contributed by atoms with Crippen molar-refractivity contribution in [3.05, 3.63) is 56.3 Å². The number of hydrogen-bond donors (Lipinski definition) is 1. The quantitative estimate of drug-likeness (QED) is 0.696. The highest BCUT2D eigenvalue weighted by Crippen LogP contribution is 2.23. The van der Waals surface area contributed by atoms with Crippen molar-refractivity contribution in [3.8, 4) is 0 Å². The van der Waals surface area contributed by atoms with E-state index in [4.69, 9.17) is 23.2 Å². The summed E-state index contributed by atoms with van der Waals surface area (Å²) >= 11 is 11.7. The number of anilines is 1. The third-order valence-electron chi connectivity index (χ3n) is 2.55. The van der Waals surface area contributed by atoms with Crippen molar-refractivity contribution in [2.45, 2.75) is 0 Å². The number of carbonyl (C=O) groups excluding carboxylic acids is 1. The van der Waals surface area contributed by atoms with Gasteiger partial charge in [-0.15, -0.1) is 0 Å². The Hall–Kier alpha value is -2.05. The van der Waals surface area contributed by atoms with Crippen LogP contribution in [-0.2, 0) is 7.05 Å². The van der Waals surface area contributed by atoms with E-state index in [2.05, 4.69) is 5.32 Å². The third kappa shape index (κ3) is 3.09. The second kappa shape index (κ2) is 5.52. The molecule has 0 fully saturated rings. The molecule has 2 aromatic rings. The first kappa shape index (κ1) is 14.4. The highest BCUT2D eigenvalue weighted by molar-refractivity contribution is 6.35. The molecular weight excluding hydrogens is 305 g/mol. The van der Waals surface area contributed by atoms with E-state index in [9.17, 15) is 14.9 Å². The number of nitro groups is 1. The number of hydrogen-bond acceptors (Lipinski definition) is 3. The van der Waals surface area contributed by atoms with Gasteiger partial charge < -0.3 is 9.88 Å². The van der Waals surface area contributed by atoms with E-state index in [1.807, 2.05) is 0 Å². The van der Waals surface area contributed by atoms with Gasteiger partial charge in [-0.1, -0.05) is 23.2 Å². The van der Waals surface area contributed by atoms with E-state index in [0.29, 0.717) is 15.7 Å². The number of aromatic nitrogens is 1. The fourth-order valence-electron chi connectivity index (χ4n) is 1.69. The molecule has 104 valence electrons. The lowest BCUT2D eigenvalue weighted by Gasteiger charge is -2.06. The summed E-state index contributed by atoms with van der Waals surface area (Å²) in [5.74, 6) is -0.487. The summed E-state index contributed by atoms with van der Waals surface area (Å²) in [5.41, 5.74) is 0.422. The molecule has 1 amide bonds. The smallest absolute Gasteiger partial charge is 0.287 e. The summed E-state index contributed by atoms with van der Waals surface area (Å²) in [6.07, 6.45) is 1.26. The van der Waals surface area contributed by atoms with Crippen molar-refractivity contribution < 1.29 is 9.72 Å². The zero-order chi connectivity index (χ0) is 14.9. The van der Waals surface area contributed by atoms with E-state index in [0.717, 1.165) is 0 Å². The van der Waals surface area contributed by atoms with Crippen LogP contribution < -0.4 is 5.32 Å². The molecule has 20 heavy (non-hydrogen) atoms. The highest BCUT2D eigenvalue weighted by Gasteiger charge is 2.17. The van der Waals surface area contributed by atoms with Crippen LogP contribution in [0.3, 0.4) is 0 Å². The Bertz CT molecular complexity index is 677. The number of carbonyl (C=O) groups is 1. The lowest BCUT2D eigenvalue weighted by molar-refractivity contribution is -0.384. The molecular formula is C12H9Cl2N3O3. The van der Waals surface area contributed by atoms with Crippen LogP contribution >= 0.6 is 23.2 Å². The minimum absolute atomic E-state index is 0.151. The molecule has 0 radical (unpaired) electrons. The van der Waals surface area contributed by atoms with Crippen LogP contribution in [0.15, 0.2) is 30.5 Å². The zero-order valence-electron chi connectivity index (χ0n) is 10.3. The molecule has 0 aliphatic carbocycles. The number of nitrogens with one attached hydrogen (secondary N) is 1. The average Bonchev–Trinajstić information content (AvgIpc) is 2.70. The number of nitrogens with zero attached hydrogens (tertiary/aromatic N) is 2. The van der Waals surface area contributed by atoms with Crippen LogP contribution in [-0.4, -0.2) is 15.4 Å². The fraction of sp³-hybridized carbons (Fsp3) is 0.0833. The van der Waals surface area contributed by atoms with E-state index in [1.54, 1.807) is 7.05 Å². The third-order valence-corrected chi connectivity index (χ3v) is 2.99. The number of benzene rings is 1.